The molecule has 4 nitrogen and oxygen atoms in total. The molecule has 67 heavy (non-hydrogen) atoms. The van der Waals surface area contributed by atoms with Crippen LogP contribution in [0.5, 0.6) is 0 Å². The number of benzene rings is 4. The van der Waals surface area contributed by atoms with Gasteiger partial charge in [0, 0.05) is 55.3 Å². The quantitative estimate of drug-likeness (QED) is 0.177. The van der Waals surface area contributed by atoms with Gasteiger partial charge in [-0.2, -0.15) is 0 Å². The summed E-state index contributed by atoms with van der Waals surface area (Å²) in [6.45, 7) is 24.2. The van der Waals surface area contributed by atoms with E-state index >= 15 is 0 Å². The zero-order valence-electron chi connectivity index (χ0n) is 48.0. The Bertz CT molecular complexity index is 2910. The summed E-state index contributed by atoms with van der Waals surface area (Å²) in [7, 11) is 0. The Kier molecular flexibility index (Phi) is 14.3. The van der Waals surface area contributed by atoms with E-state index in [1.807, 2.05) is 61.1 Å². The Balaban J connectivity index is 0.000000181. The van der Waals surface area contributed by atoms with Crippen molar-refractivity contribution in [2.24, 2.45) is 0 Å². The monoisotopic (exact) mass is 893 g/mol. The number of hydrogen-bond donors (Lipinski definition) is 0. The molecule has 0 saturated carbocycles. The third-order valence-electron chi connectivity index (χ3n) is 11.3. The highest BCUT2D eigenvalue weighted by Crippen LogP contribution is 2.29. The minimum atomic E-state index is -2.06. The summed E-state index contributed by atoms with van der Waals surface area (Å²) in [5.41, 5.74) is 15.6. The van der Waals surface area contributed by atoms with E-state index in [2.05, 4.69) is 183 Å². The molecule has 0 saturated heterocycles. The second-order valence-corrected chi connectivity index (χ2v) is 21.1. The van der Waals surface area contributed by atoms with Crippen LogP contribution in [0.1, 0.15) is 130 Å². The lowest BCUT2D eigenvalue weighted by Gasteiger charge is -2.19. The minimum Gasteiger partial charge on any atom is -0.256 e. The first kappa shape index (κ1) is 43.1. The fourth-order valence-corrected chi connectivity index (χ4v) is 6.79. The summed E-state index contributed by atoms with van der Waals surface area (Å²) in [6, 6.07) is 49.3. The molecule has 346 valence electrons. The molecule has 0 spiro atoms. The molecule has 8 rings (SSSR count). The summed E-state index contributed by atoms with van der Waals surface area (Å²) in [4.78, 5) is 17.7. The van der Waals surface area contributed by atoms with Crippen molar-refractivity contribution in [2.75, 3.05) is 0 Å². The number of aryl methyl sites for hydroxylation is 3. The first-order valence-electron chi connectivity index (χ1n) is 26.1. The normalized spacial score (nSPS) is 13.2. The summed E-state index contributed by atoms with van der Waals surface area (Å²) in [5.74, 6) is 0. The highest BCUT2D eigenvalue weighted by atomic mass is 14.7. The van der Waals surface area contributed by atoms with Crippen LogP contribution in [-0.2, 0) is 21.7 Å². The molecule has 8 aromatic rings. The number of aromatic nitrogens is 4. The van der Waals surface area contributed by atoms with Gasteiger partial charge in [0.1, 0.15) is 0 Å². The standard InChI is InChI=1S/3C16H19N.C15H17N/c2*1-12-5-7-13(8-6-12)15-11-14(9-10-17-15)16(2,3)4;1-12-5-7-13(8-6-12)15-10-9-14(11-17-15)16(2,3)4;1-15(2,3)13-9-10-16-14(11-13)12-7-5-4-6-8-12/h3*5-11H,1-4H3;4-11H,1-3H3/i1D3;;1D3;. The van der Waals surface area contributed by atoms with Crippen LogP contribution in [0.2, 0.25) is 0 Å². The minimum absolute atomic E-state index is 0.0658. The maximum atomic E-state index is 7.38. The number of hydrogen-bond acceptors (Lipinski definition) is 4. The Labute approximate surface area is 412 Å². The van der Waals surface area contributed by atoms with Gasteiger partial charge in [-0.15, -0.1) is 0 Å². The lowest BCUT2D eigenvalue weighted by Crippen LogP contribution is -2.11. The molecular weight excluding hydrogens is 813 g/mol. The zero-order valence-corrected chi connectivity index (χ0v) is 42.0. The predicted molar refractivity (Wildman–Crippen MR) is 288 cm³/mol. The van der Waals surface area contributed by atoms with Crippen LogP contribution in [0, 0.1) is 20.6 Å². The molecule has 0 radical (unpaired) electrons. The zero-order chi connectivity index (χ0) is 54.0. The highest BCUT2D eigenvalue weighted by Gasteiger charge is 2.17. The lowest BCUT2D eigenvalue weighted by molar-refractivity contribution is 0.587. The van der Waals surface area contributed by atoms with Gasteiger partial charge in [0.15, 0.2) is 0 Å². The van der Waals surface area contributed by atoms with Crippen molar-refractivity contribution >= 4 is 0 Å². The maximum absolute atomic E-state index is 7.38. The Hall–Kier alpha value is -6.52. The van der Waals surface area contributed by atoms with Crippen LogP contribution in [0.4, 0.5) is 0 Å². The molecule has 0 atom stereocenters. The van der Waals surface area contributed by atoms with Crippen LogP contribution in [0.15, 0.2) is 176 Å². The molecule has 4 heteroatoms. The van der Waals surface area contributed by atoms with Gasteiger partial charge in [0.2, 0.25) is 0 Å². The van der Waals surface area contributed by atoms with Gasteiger partial charge in [0.05, 0.1) is 22.8 Å². The molecule has 0 aliphatic carbocycles. The van der Waals surface area contributed by atoms with Gasteiger partial charge in [-0.25, -0.2) is 0 Å². The van der Waals surface area contributed by atoms with Crippen molar-refractivity contribution in [3.63, 3.8) is 0 Å². The molecule has 0 aliphatic rings. The van der Waals surface area contributed by atoms with E-state index in [1.54, 1.807) is 42.6 Å². The van der Waals surface area contributed by atoms with E-state index < -0.39 is 13.7 Å². The molecule has 0 aliphatic heterocycles. The largest absolute Gasteiger partial charge is 0.256 e. The first-order chi connectivity index (χ1) is 33.9. The molecule has 0 bridgehead atoms. The van der Waals surface area contributed by atoms with Crippen LogP contribution < -0.4 is 0 Å². The van der Waals surface area contributed by atoms with Crippen molar-refractivity contribution in [1.29, 1.82) is 0 Å². The number of rotatable bonds is 4. The molecule has 4 aromatic carbocycles. The molecule has 4 heterocycles. The summed E-state index contributed by atoms with van der Waals surface area (Å²) in [5, 5.41) is 0. The molecule has 4 aromatic heterocycles. The van der Waals surface area contributed by atoms with Crippen molar-refractivity contribution in [2.45, 2.75) is 125 Å². The molecule has 0 amide bonds. The van der Waals surface area contributed by atoms with Crippen molar-refractivity contribution in [3.05, 3.63) is 215 Å². The summed E-state index contributed by atoms with van der Waals surface area (Å²) < 4.78 is 44.2. The van der Waals surface area contributed by atoms with E-state index in [9.17, 15) is 0 Å². The summed E-state index contributed by atoms with van der Waals surface area (Å²) >= 11 is 0. The van der Waals surface area contributed by atoms with Gasteiger partial charge >= 0.3 is 0 Å². The third-order valence-corrected chi connectivity index (χ3v) is 11.3. The highest BCUT2D eigenvalue weighted by molar-refractivity contribution is 5.63. The van der Waals surface area contributed by atoms with Crippen molar-refractivity contribution < 1.29 is 8.22 Å². The SMILES string of the molecule is CC(C)(C)c1ccnc(-c2ccccc2)c1.Cc1ccc(-c2cc(C(C)(C)C)ccn2)cc1.[2H]C([2H])([2H])c1ccc(-c2cc(C(C)(C)C)ccn2)cc1.[2H]C([2H])([2H])c1ccc(-c2ccc(C(C)(C)C)cn2)cc1. The van der Waals surface area contributed by atoms with Crippen LogP contribution in [0.3, 0.4) is 0 Å². The van der Waals surface area contributed by atoms with Gasteiger partial charge in [-0.05, 0) is 107 Å². The van der Waals surface area contributed by atoms with Crippen molar-refractivity contribution in [3.8, 4) is 45.0 Å². The van der Waals surface area contributed by atoms with Crippen LogP contribution >= 0.6 is 0 Å². The van der Waals surface area contributed by atoms with E-state index in [0.29, 0.717) is 11.1 Å². The smallest absolute Gasteiger partial charge is 0.0704 e. The molecular formula is C63H74N4. The maximum Gasteiger partial charge on any atom is 0.0704 e. The van der Waals surface area contributed by atoms with Gasteiger partial charge in [0.25, 0.3) is 0 Å². The Morgan fingerprint density at radius 3 is 0.955 bits per heavy atom. The first-order valence-corrected chi connectivity index (χ1v) is 23.1. The Morgan fingerprint density at radius 1 is 0.313 bits per heavy atom. The van der Waals surface area contributed by atoms with E-state index in [4.69, 9.17) is 8.22 Å². The van der Waals surface area contributed by atoms with E-state index in [1.165, 1.54) is 38.9 Å². The molecule has 0 unspecified atom stereocenters. The fourth-order valence-electron chi connectivity index (χ4n) is 6.79. The van der Waals surface area contributed by atoms with E-state index in [-0.39, 0.29) is 21.7 Å². The fraction of sp³-hybridized carbons (Fsp3) is 0.302. The Morgan fingerprint density at radius 2 is 0.642 bits per heavy atom. The van der Waals surface area contributed by atoms with Gasteiger partial charge in [-0.1, -0.05) is 209 Å². The second kappa shape index (κ2) is 22.3. The predicted octanol–water partition coefficient (Wildman–Crippen LogP) is 17.1. The lowest BCUT2D eigenvalue weighted by atomic mass is 9.87. The number of pyridine rings is 4. The third kappa shape index (κ3) is 15.8. The van der Waals surface area contributed by atoms with E-state index in [0.717, 1.165) is 33.9 Å². The van der Waals surface area contributed by atoms with Crippen LogP contribution in [-0.4, -0.2) is 19.9 Å². The average Bonchev–Trinajstić information content (AvgIpc) is 3.34. The molecule has 0 fully saturated rings. The number of nitrogens with zero attached hydrogens (tertiary/aromatic N) is 4. The molecule has 0 N–H and O–H groups in total. The second-order valence-electron chi connectivity index (χ2n) is 21.1. The summed E-state index contributed by atoms with van der Waals surface area (Å²) in [6.07, 6.45) is 7.47. The van der Waals surface area contributed by atoms with Crippen LogP contribution in [0.25, 0.3) is 45.0 Å². The van der Waals surface area contributed by atoms with Gasteiger partial charge < -0.3 is 0 Å². The van der Waals surface area contributed by atoms with Crippen molar-refractivity contribution in [1.82, 2.24) is 19.9 Å². The van der Waals surface area contributed by atoms with Gasteiger partial charge in [-0.3, -0.25) is 19.9 Å². The average molecular weight is 893 g/mol. The topological polar surface area (TPSA) is 51.6 Å².